The Morgan fingerprint density at radius 1 is 1.17 bits per heavy atom. The van der Waals surface area contributed by atoms with Gasteiger partial charge in [0.2, 0.25) is 5.91 Å². The lowest BCUT2D eigenvalue weighted by Crippen LogP contribution is -2.43. The van der Waals surface area contributed by atoms with Gasteiger partial charge < -0.3 is 10.2 Å². The van der Waals surface area contributed by atoms with E-state index in [1.807, 2.05) is 0 Å². The minimum atomic E-state index is 0.449. The summed E-state index contributed by atoms with van der Waals surface area (Å²) in [6, 6.07) is 1.03. The predicted molar refractivity (Wildman–Crippen MR) is 72.3 cm³/mol. The highest BCUT2D eigenvalue weighted by molar-refractivity contribution is 5.77. The summed E-state index contributed by atoms with van der Waals surface area (Å²) in [5.74, 6) is 1.96. The van der Waals surface area contributed by atoms with E-state index < -0.39 is 0 Å². The molecule has 2 heterocycles. The van der Waals surface area contributed by atoms with Crippen LogP contribution in [0.15, 0.2) is 0 Å². The molecular formula is C15H26N2O. The van der Waals surface area contributed by atoms with Gasteiger partial charge in [0.05, 0.1) is 0 Å². The molecule has 3 aliphatic rings. The smallest absolute Gasteiger partial charge is 0.223 e. The van der Waals surface area contributed by atoms with Gasteiger partial charge in [-0.15, -0.1) is 0 Å². The molecule has 2 bridgehead atoms. The second kappa shape index (κ2) is 5.20. The molecule has 2 aliphatic heterocycles. The topological polar surface area (TPSA) is 32.3 Å². The summed E-state index contributed by atoms with van der Waals surface area (Å²) in [6.07, 6.45) is 8.29. The van der Waals surface area contributed by atoms with Crippen molar-refractivity contribution in [3.63, 3.8) is 0 Å². The van der Waals surface area contributed by atoms with Crippen molar-refractivity contribution in [1.82, 2.24) is 10.2 Å². The van der Waals surface area contributed by atoms with Gasteiger partial charge in [-0.25, -0.2) is 0 Å². The maximum atomic E-state index is 12.6. The summed E-state index contributed by atoms with van der Waals surface area (Å²) in [5, 5.41) is 3.47. The van der Waals surface area contributed by atoms with Gasteiger partial charge >= 0.3 is 0 Å². The van der Waals surface area contributed by atoms with E-state index in [0.717, 1.165) is 31.8 Å². The van der Waals surface area contributed by atoms with Crippen LogP contribution in [0.1, 0.15) is 51.9 Å². The fourth-order valence-electron chi connectivity index (χ4n) is 4.25. The maximum Gasteiger partial charge on any atom is 0.223 e. The van der Waals surface area contributed by atoms with Crippen molar-refractivity contribution >= 4 is 5.91 Å². The van der Waals surface area contributed by atoms with Crippen LogP contribution in [0.4, 0.5) is 0 Å². The number of rotatable bonds is 2. The molecule has 1 saturated carbocycles. The quantitative estimate of drug-likeness (QED) is 0.814. The number of carbonyl (C=O) groups is 1. The summed E-state index contributed by atoms with van der Waals surface area (Å²) < 4.78 is 0. The first-order valence-corrected chi connectivity index (χ1v) is 7.76. The minimum absolute atomic E-state index is 0.449. The lowest BCUT2D eigenvalue weighted by atomic mass is 10.0. The number of nitrogens with one attached hydrogen (secondary N) is 1. The molecule has 4 unspecified atom stereocenters. The van der Waals surface area contributed by atoms with Crippen molar-refractivity contribution in [2.75, 3.05) is 13.1 Å². The Kier molecular flexibility index (Phi) is 3.60. The standard InChI is InChI=1S/C15H26N2O/c1-11-2-3-12(8-11)9-15(18)17-13-4-5-14(17)10-16-7-6-13/h11-14,16H,2-10H2,1H3. The Bertz CT molecular complexity index is 304. The van der Waals surface area contributed by atoms with E-state index in [-0.39, 0.29) is 0 Å². The number of hydrogen-bond acceptors (Lipinski definition) is 2. The van der Waals surface area contributed by atoms with Crippen LogP contribution in [-0.4, -0.2) is 36.0 Å². The molecule has 1 aliphatic carbocycles. The zero-order chi connectivity index (χ0) is 12.5. The fraction of sp³-hybridized carbons (Fsp3) is 0.933. The van der Waals surface area contributed by atoms with Gasteiger partial charge in [0, 0.05) is 25.0 Å². The second-order valence-corrected chi connectivity index (χ2v) is 6.67. The highest BCUT2D eigenvalue weighted by Gasteiger charge is 2.38. The van der Waals surface area contributed by atoms with Crippen LogP contribution in [0.25, 0.3) is 0 Å². The number of hydrogen-bond donors (Lipinski definition) is 1. The molecule has 4 atom stereocenters. The van der Waals surface area contributed by atoms with Crippen molar-refractivity contribution in [3.05, 3.63) is 0 Å². The van der Waals surface area contributed by atoms with Gasteiger partial charge in [-0.1, -0.05) is 13.3 Å². The Morgan fingerprint density at radius 3 is 2.78 bits per heavy atom. The van der Waals surface area contributed by atoms with Crippen molar-refractivity contribution in [2.24, 2.45) is 11.8 Å². The first-order chi connectivity index (χ1) is 8.74. The van der Waals surface area contributed by atoms with Gasteiger partial charge in [-0.2, -0.15) is 0 Å². The average Bonchev–Trinajstić information content (AvgIpc) is 2.81. The molecule has 1 N–H and O–H groups in total. The van der Waals surface area contributed by atoms with Crippen LogP contribution in [0, 0.1) is 11.8 Å². The summed E-state index contributed by atoms with van der Waals surface area (Å²) in [7, 11) is 0. The van der Waals surface area contributed by atoms with Gasteiger partial charge in [0.15, 0.2) is 0 Å². The summed E-state index contributed by atoms with van der Waals surface area (Å²) in [5.41, 5.74) is 0. The molecule has 3 nitrogen and oxygen atoms in total. The van der Waals surface area contributed by atoms with Gasteiger partial charge in [0.1, 0.15) is 0 Å². The minimum Gasteiger partial charge on any atom is -0.335 e. The van der Waals surface area contributed by atoms with Crippen molar-refractivity contribution in [1.29, 1.82) is 0 Å². The highest BCUT2D eigenvalue weighted by Crippen LogP contribution is 2.35. The SMILES string of the molecule is CC1CCC(CC(=O)N2C3CCNCC2CC3)C1. The van der Waals surface area contributed by atoms with E-state index in [0.29, 0.717) is 23.9 Å². The number of nitrogens with zero attached hydrogens (tertiary/aromatic N) is 1. The molecule has 1 amide bonds. The third-order valence-corrected chi connectivity index (χ3v) is 5.21. The lowest BCUT2D eigenvalue weighted by molar-refractivity contribution is -0.134. The van der Waals surface area contributed by atoms with Gasteiger partial charge in [0.25, 0.3) is 0 Å². The van der Waals surface area contributed by atoms with Crippen molar-refractivity contribution in [2.45, 2.75) is 64.0 Å². The molecule has 2 saturated heterocycles. The Hall–Kier alpha value is -0.570. The van der Waals surface area contributed by atoms with E-state index in [4.69, 9.17) is 0 Å². The van der Waals surface area contributed by atoms with Gasteiger partial charge in [-0.3, -0.25) is 4.79 Å². The van der Waals surface area contributed by atoms with Crippen LogP contribution >= 0.6 is 0 Å². The molecule has 3 heteroatoms. The first-order valence-electron chi connectivity index (χ1n) is 7.76. The molecule has 18 heavy (non-hydrogen) atoms. The van der Waals surface area contributed by atoms with Crippen LogP contribution in [0.2, 0.25) is 0 Å². The third-order valence-electron chi connectivity index (χ3n) is 5.21. The van der Waals surface area contributed by atoms with Crippen LogP contribution < -0.4 is 5.32 Å². The number of fused-ring (bicyclic) bond motifs is 2. The monoisotopic (exact) mass is 250 g/mol. The first kappa shape index (κ1) is 12.5. The Morgan fingerprint density at radius 2 is 2.00 bits per heavy atom. The average molecular weight is 250 g/mol. The molecule has 3 fully saturated rings. The van der Waals surface area contributed by atoms with Crippen molar-refractivity contribution < 1.29 is 4.79 Å². The van der Waals surface area contributed by atoms with E-state index >= 15 is 0 Å². The molecule has 0 aromatic carbocycles. The third kappa shape index (κ3) is 2.42. The van der Waals surface area contributed by atoms with E-state index in [2.05, 4.69) is 17.1 Å². The summed E-state index contributed by atoms with van der Waals surface area (Å²) in [6.45, 7) is 4.43. The normalized spacial score (nSPS) is 39.9. The number of amides is 1. The van der Waals surface area contributed by atoms with E-state index in [9.17, 15) is 4.79 Å². The summed E-state index contributed by atoms with van der Waals surface area (Å²) >= 11 is 0. The van der Waals surface area contributed by atoms with Crippen LogP contribution in [0.5, 0.6) is 0 Å². The van der Waals surface area contributed by atoms with Crippen molar-refractivity contribution in [3.8, 4) is 0 Å². The largest absolute Gasteiger partial charge is 0.335 e. The molecule has 0 aromatic rings. The van der Waals surface area contributed by atoms with E-state index in [1.54, 1.807) is 0 Å². The van der Waals surface area contributed by atoms with Crippen LogP contribution in [0.3, 0.4) is 0 Å². The molecule has 0 spiro atoms. The number of carbonyl (C=O) groups excluding carboxylic acids is 1. The van der Waals surface area contributed by atoms with Gasteiger partial charge in [-0.05, 0) is 50.5 Å². The Balaban J connectivity index is 1.61. The zero-order valence-electron chi connectivity index (χ0n) is 11.5. The molecule has 0 radical (unpaired) electrons. The van der Waals surface area contributed by atoms with Crippen LogP contribution in [-0.2, 0) is 4.79 Å². The predicted octanol–water partition coefficient (Wildman–Crippen LogP) is 2.17. The molecule has 102 valence electrons. The second-order valence-electron chi connectivity index (χ2n) is 6.67. The zero-order valence-corrected chi connectivity index (χ0v) is 11.5. The maximum absolute atomic E-state index is 12.6. The fourth-order valence-corrected chi connectivity index (χ4v) is 4.25. The lowest BCUT2D eigenvalue weighted by Gasteiger charge is -2.29. The highest BCUT2D eigenvalue weighted by atomic mass is 16.2. The summed E-state index contributed by atoms with van der Waals surface area (Å²) in [4.78, 5) is 14.8. The Labute approximate surface area is 110 Å². The molecular weight excluding hydrogens is 224 g/mol. The van der Waals surface area contributed by atoms with E-state index in [1.165, 1.54) is 32.1 Å². The molecule has 3 rings (SSSR count). The molecule has 0 aromatic heterocycles.